The fourth-order valence-corrected chi connectivity index (χ4v) is 6.54. The minimum atomic E-state index is -0.0784. The number of rotatable bonds is 37. The molecule has 0 saturated carbocycles. The fourth-order valence-electron chi connectivity index (χ4n) is 6.54. The molecule has 0 aliphatic heterocycles. The molecule has 0 aromatic heterocycles. The van der Waals surface area contributed by atoms with E-state index >= 15 is 0 Å². The van der Waals surface area contributed by atoms with Gasteiger partial charge in [0.2, 0.25) is 23.6 Å². The first kappa shape index (κ1) is 47.9. The topological polar surface area (TPSA) is 98.8 Å². The Morgan fingerprint density at radius 3 is 0.840 bits per heavy atom. The maximum atomic E-state index is 12.3. The van der Waals surface area contributed by atoms with Gasteiger partial charge in [0.05, 0.1) is 0 Å². The van der Waals surface area contributed by atoms with E-state index in [9.17, 15) is 19.2 Å². The molecule has 0 saturated heterocycles. The molecule has 0 bridgehead atoms. The summed E-state index contributed by atoms with van der Waals surface area (Å²) in [6, 6.07) is 0. The predicted octanol–water partition coefficient (Wildman–Crippen LogP) is 9.88. The van der Waals surface area contributed by atoms with E-state index in [1.807, 2.05) is 0 Å². The smallest absolute Gasteiger partial charge is 0.220 e. The highest BCUT2D eigenvalue weighted by molar-refractivity contribution is 5.77. The van der Waals surface area contributed by atoms with E-state index in [2.05, 4.69) is 24.5 Å². The molecular weight excluding hydrogens is 624 g/mol. The van der Waals surface area contributed by atoms with Crippen LogP contribution in [0.25, 0.3) is 0 Å². The monoisotopic (exact) mass is 707 g/mol. The quantitative estimate of drug-likeness (QED) is 0.0629. The van der Waals surface area contributed by atoms with E-state index in [-0.39, 0.29) is 23.6 Å². The second-order valence-corrected chi connectivity index (χ2v) is 14.7. The SMILES string of the molecule is CCCCCCCCCCCCCCCC(=O)NCCN(CCN(CCNC(=O)CCCCCCCCCCCCCCC)C(C)=O)C(C)=O. The number of nitrogens with one attached hydrogen (secondary N) is 2. The lowest BCUT2D eigenvalue weighted by Crippen LogP contribution is -2.44. The first-order chi connectivity index (χ1) is 24.3. The minimum Gasteiger partial charge on any atom is -0.354 e. The van der Waals surface area contributed by atoms with E-state index in [0.717, 1.165) is 25.7 Å². The molecule has 0 aromatic rings. The highest BCUT2D eigenvalue weighted by Crippen LogP contribution is 2.14. The van der Waals surface area contributed by atoms with Crippen molar-refractivity contribution in [2.45, 2.75) is 207 Å². The number of carbonyl (C=O) groups excluding carboxylic acids is 4. The Morgan fingerprint density at radius 1 is 0.360 bits per heavy atom. The molecule has 0 spiro atoms. The van der Waals surface area contributed by atoms with Crippen LogP contribution < -0.4 is 10.6 Å². The highest BCUT2D eigenvalue weighted by atomic mass is 16.2. The van der Waals surface area contributed by atoms with Crippen molar-refractivity contribution in [3.8, 4) is 0 Å². The summed E-state index contributed by atoms with van der Waals surface area (Å²) in [5, 5.41) is 5.91. The Labute approximate surface area is 309 Å². The van der Waals surface area contributed by atoms with E-state index in [4.69, 9.17) is 0 Å². The first-order valence-corrected chi connectivity index (χ1v) is 21.4. The van der Waals surface area contributed by atoms with E-state index < -0.39 is 0 Å². The second kappa shape index (κ2) is 36.7. The molecule has 0 aliphatic rings. The molecule has 4 amide bonds. The Morgan fingerprint density at radius 2 is 0.600 bits per heavy atom. The van der Waals surface area contributed by atoms with Crippen LogP contribution >= 0.6 is 0 Å². The van der Waals surface area contributed by atoms with E-state index in [1.165, 1.54) is 155 Å². The van der Waals surface area contributed by atoms with Gasteiger partial charge in [-0.3, -0.25) is 19.2 Å². The molecule has 2 N–H and O–H groups in total. The van der Waals surface area contributed by atoms with Crippen molar-refractivity contribution >= 4 is 23.6 Å². The number of hydrogen-bond donors (Lipinski definition) is 2. The third-order valence-corrected chi connectivity index (χ3v) is 9.95. The zero-order valence-electron chi connectivity index (χ0n) is 33.6. The van der Waals surface area contributed by atoms with Crippen molar-refractivity contribution in [3.05, 3.63) is 0 Å². The van der Waals surface area contributed by atoms with Gasteiger partial charge in [0, 0.05) is 66.0 Å². The normalized spacial score (nSPS) is 11.0. The fraction of sp³-hybridized carbons (Fsp3) is 0.905. The largest absolute Gasteiger partial charge is 0.354 e. The molecule has 0 unspecified atom stereocenters. The van der Waals surface area contributed by atoms with Crippen molar-refractivity contribution in [2.24, 2.45) is 0 Å². The number of nitrogens with zero attached hydrogens (tertiary/aromatic N) is 2. The average molecular weight is 707 g/mol. The van der Waals surface area contributed by atoms with E-state index in [0.29, 0.717) is 52.1 Å². The second-order valence-electron chi connectivity index (χ2n) is 14.7. The lowest BCUT2D eigenvalue weighted by molar-refractivity contribution is -0.133. The zero-order valence-corrected chi connectivity index (χ0v) is 33.6. The molecule has 0 fully saturated rings. The van der Waals surface area contributed by atoms with Crippen molar-refractivity contribution < 1.29 is 19.2 Å². The van der Waals surface area contributed by atoms with Crippen LogP contribution in [0.1, 0.15) is 207 Å². The molecule has 50 heavy (non-hydrogen) atoms. The molecule has 0 rings (SSSR count). The molecule has 0 atom stereocenters. The Bertz CT molecular complexity index is 756. The van der Waals surface area contributed by atoms with Gasteiger partial charge in [0.25, 0.3) is 0 Å². The summed E-state index contributed by atoms with van der Waals surface area (Å²) in [5.41, 5.74) is 0. The number of hydrogen-bond acceptors (Lipinski definition) is 4. The minimum absolute atomic E-state index is 0.0384. The summed E-state index contributed by atoms with van der Waals surface area (Å²) in [5.74, 6) is -0.0799. The van der Waals surface area contributed by atoms with Gasteiger partial charge in [-0.2, -0.15) is 0 Å². The third kappa shape index (κ3) is 33.0. The highest BCUT2D eigenvalue weighted by Gasteiger charge is 2.14. The lowest BCUT2D eigenvalue weighted by atomic mass is 10.0. The summed E-state index contributed by atoms with van der Waals surface area (Å²) < 4.78 is 0. The van der Waals surface area contributed by atoms with Gasteiger partial charge in [-0.25, -0.2) is 0 Å². The summed E-state index contributed by atoms with van der Waals surface area (Å²) in [4.78, 5) is 52.4. The van der Waals surface area contributed by atoms with Crippen LogP contribution in [0.5, 0.6) is 0 Å². The van der Waals surface area contributed by atoms with Crippen LogP contribution in [0.2, 0.25) is 0 Å². The molecule has 8 heteroatoms. The standard InChI is InChI=1S/C42H82N4O4/c1-5-7-9-11-13-15-17-19-21-23-25-27-29-31-41(49)43-33-35-45(39(3)47)37-38-46(40(4)48)36-34-44-42(50)32-30-28-26-24-22-20-18-16-14-12-10-8-6-2/h5-38H2,1-4H3,(H,43,49)(H,44,50). The first-order valence-electron chi connectivity index (χ1n) is 21.4. The van der Waals surface area contributed by atoms with Crippen molar-refractivity contribution in [2.75, 3.05) is 39.3 Å². The maximum Gasteiger partial charge on any atom is 0.220 e. The predicted molar refractivity (Wildman–Crippen MR) is 211 cm³/mol. The van der Waals surface area contributed by atoms with Gasteiger partial charge >= 0.3 is 0 Å². The van der Waals surface area contributed by atoms with Crippen LogP contribution in [0.4, 0.5) is 0 Å². The van der Waals surface area contributed by atoms with Gasteiger partial charge < -0.3 is 20.4 Å². The molecule has 0 aliphatic carbocycles. The number of amides is 4. The van der Waals surface area contributed by atoms with Gasteiger partial charge in [0.1, 0.15) is 0 Å². The molecule has 0 heterocycles. The molecule has 294 valence electrons. The summed E-state index contributed by atoms with van der Waals surface area (Å²) in [7, 11) is 0. The van der Waals surface area contributed by atoms with Crippen molar-refractivity contribution in [1.82, 2.24) is 20.4 Å². The van der Waals surface area contributed by atoms with Crippen LogP contribution in [-0.4, -0.2) is 72.7 Å². The van der Waals surface area contributed by atoms with Crippen molar-refractivity contribution in [1.29, 1.82) is 0 Å². The lowest BCUT2D eigenvalue weighted by Gasteiger charge is -2.27. The molecule has 0 radical (unpaired) electrons. The summed E-state index contributed by atoms with van der Waals surface area (Å²) >= 11 is 0. The molecule has 8 nitrogen and oxygen atoms in total. The van der Waals surface area contributed by atoms with Crippen LogP contribution in [-0.2, 0) is 19.2 Å². The van der Waals surface area contributed by atoms with Crippen LogP contribution in [0.15, 0.2) is 0 Å². The van der Waals surface area contributed by atoms with Crippen molar-refractivity contribution in [3.63, 3.8) is 0 Å². The van der Waals surface area contributed by atoms with Gasteiger partial charge in [-0.1, -0.05) is 168 Å². The van der Waals surface area contributed by atoms with Crippen LogP contribution in [0, 0.1) is 0 Å². The third-order valence-electron chi connectivity index (χ3n) is 9.95. The van der Waals surface area contributed by atoms with E-state index in [1.54, 1.807) is 9.80 Å². The summed E-state index contributed by atoms with van der Waals surface area (Å²) in [6.45, 7) is 10.0. The number of carbonyl (C=O) groups is 4. The van der Waals surface area contributed by atoms with Gasteiger partial charge in [0.15, 0.2) is 0 Å². The van der Waals surface area contributed by atoms with Crippen LogP contribution in [0.3, 0.4) is 0 Å². The molecule has 0 aromatic carbocycles. The Hall–Kier alpha value is -2.12. The Kier molecular flexibility index (Phi) is 35.1. The van der Waals surface area contributed by atoms with Gasteiger partial charge in [-0.05, 0) is 12.8 Å². The summed E-state index contributed by atoms with van der Waals surface area (Å²) in [6.07, 6.45) is 34.4. The maximum absolute atomic E-state index is 12.3. The Balaban J connectivity index is 3.91. The zero-order chi connectivity index (χ0) is 36.9. The average Bonchev–Trinajstić information content (AvgIpc) is 3.09. The molecular formula is C42H82N4O4. The van der Waals surface area contributed by atoms with Gasteiger partial charge in [-0.15, -0.1) is 0 Å². The number of unbranched alkanes of at least 4 members (excludes halogenated alkanes) is 24.